The van der Waals surface area contributed by atoms with E-state index >= 15 is 0 Å². The van der Waals surface area contributed by atoms with Gasteiger partial charge in [0, 0.05) is 7.05 Å². The summed E-state index contributed by atoms with van der Waals surface area (Å²) in [6.45, 7) is 0. The molecule has 2 heterocycles. The molecule has 0 aliphatic carbocycles. The fourth-order valence-corrected chi connectivity index (χ4v) is 1.87. The number of ether oxygens (including phenoxy) is 1. The van der Waals surface area contributed by atoms with Crippen molar-refractivity contribution < 1.29 is 9.84 Å². The van der Waals surface area contributed by atoms with E-state index in [0.29, 0.717) is 22.3 Å². The standard InChI is InChI=1S/C14H12N4O2/c1-15-10-7-16-8-11-12(10)13(19)18-14(17-11)20-9-5-3-2-4-6-9/h2-8,15H,1H3,(H,17,18,19). The summed E-state index contributed by atoms with van der Waals surface area (Å²) in [6, 6.07) is 9.22. The van der Waals surface area contributed by atoms with Crippen molar-refractivity contribution in [2.24, 2.45) is 0 Å². The largest absolute Gasteiger partial charge is 0.493 e. The maximum atomic E-state index is 10.0. The Bertz CT molecular complexity index is 747. The Balaban J connectivity index is 2.06. The van der Waals surface area contributed by atoms with Gasteiger partial charge in [-0.15, -0.1) is 0 Å². The molecular weight excluding hydrogens is 256 g/mol. The first-order valence-corrected chi connectivity index (χ1v) is 6.03. The van der Waals surface area contributed by atoms with E-state index < -0.39 is 0 Å². The van der Waals surface area contributed by atoms with Crippen molar-refractivity contribution in [3.63, 3.8) is 0 Å². The summed E-state index contributed by atoms with van der Waals surface area (Å²) in [7, 11) is 1.74. The summed E-state index contributed by atoms with van der Waals surface area (Å²) >= 11 is 0. The van der Waals surface area contributed by atoms with Crippen LogP contribution in [0, 0.1) is 0 Å². The van der Waals surface area contributed by atoms with Crippen molar-refractivity contribution in [3.8, 4) is 17.6 Å². The number of aromatic nitrogens is 3. The van der Waals surface area contributed by atoms with E-state index in [2.05, 4.69) is 20.3 Å². The minimum Gasteiger partial charge on any atom is -0.493 e. The molecule has 3 rings (SSSR count). The lowest BCUT2D eigenvalue weighted by Gasteiger charge is -2.08. The van der Waals surface area contributed by atoms with Gasteiger partial charge >= 0.3 is 6.01 Å². The van der Waals surface area contributed by atoms with Gasteiger partial charge in [-0.25, -0.2) is 0 Å². The average molecular weight is 268 g/mol. The minimum absolute atomic E-state index is 0.0799. The molecule has 6 heteroatoms. The van der Waals surface area contributed by atoms with E-state index in [1.54, 1.807) is 31.6 Å². The normalized spacial score (nSPS) is 10.4. The van der Waals surface area contributed by atoms with Crippen LogP contribution in [0.1, 0.15) is 0 Å². The minimum atomic E-state index is -0.146. The zero-order chi connectivity index (χ0) is 13.9. The summed E-state index contributed by atoms with van der Waals surface area (Å²) in [5.74, 6) is 0.455. The van der Waals surface area contributed by atoms with Gasteiger partial charge < -0.3 is 15.2 Å². The van der Waals surface area contributed by atoms with Gasteiger partial charge in [-0.05, 0) is 12.1 Å². The highest BCUT2D eigenvalue weighted by Gasteiger charge is 2.12. The van der Waals surface area contributed by atoms with Gasteiger partial charge in [-0.2, -0.15) is 9.97 Å². The Kier molecular flexibility index (Phi) is 3.04. The number of hydrogen-bond acceptors (Lipinski definition) is 6. The van der Waals surface area contributed by atoms with Crippen LogP contribution in [0.4, 0.5) is 5.69 Å². The molecule has 0 unspecified atom stereocenters. The number of anilines is 1. The second kappa shape index (κ2) is 5.00. The van der Waals surface area contributed by atoms with Crippen LogP contribution in [-0.2, 0) is 0 Å². The fraction of sp³-hybridized carbons (Fsp3) is 0.0714. The van der Waals surface area contributed by atoms with E-state index in [4.69, 9.17) is 4.74 Å². The molecule has 2 N–H and O–H groups in total. The molecular formula is C14H12N4O2. The number of benzene rings is 1. The van der Waals surface area contributed by atoms with Crippen molar-refractivity contribution in [2.45, 2.75) is 0 Å². The van der Waals surface area contributed by atoms with E-state index in [-0.39, 0.29) is 11.9 Å². The molecule has 0 fully saturated rings. The fourth-order valence-electron chi connectivity index (χ4n) is 1.87. The highest BCUT2D eigenvalue weighted by molar-refractivity contribution is 5.94. The summed E-state index contributed by atoms with van der Waals surface area (Å²) in [5, 5.41) is 13.5. The van der Waals surface area contributed by atoms with Gasteiger partial charge in [0.05, 0.1) is 23.5 Å². The smallest absolute Gasteiger partial charge is 0.325 e. The van der Waals surface area contributed by atoms with E-state index in [9.17, 15) is 5.11 Å². The summed E-state index contributed by atoms with van der Waals surface area (Å²) in [6.07, 6.45) is 3.15. The van der Waals surface area contributed by atoms with Crippen molar-refractivity contribution in [3.05, 3.63) is 42.7 Å². The predicted molar refractivity (Wildman–Crippen MR) is 75.1 cm³/mol. The van der Waals surface area contributed by atoms with Crippen molar-refractivity contribution >= 4 is 16.6 Å². The Hall–Kier alpha value is -2.89. The highest BCUT2D eigenvalue weighted by atomic mass is 16.5. The number of rotatable bonds is 3. The number of aromatic hydroxyl groups is 1. The predicted octanol–water partition coefficient (Wildman–Crippen LogP) is 2.56. The molecule has 0 saturated carbocycles. The first-order valence-electron chi connectivity index (χ1n) is 6.03. The SMILES string of the molecule is CNc1cncc2nc(Oc3ccccc3)nc(O)c12. The molecule has 0 saturated heterocycles. The topological polar surface area (TPSA) is 80.2 Å². The maximum Gasteiger partial charge on any atom is 0.325 e. The molecule has 3 aromatic rings. The lowest BCUT2D eigenvalue weighted by molar-refractivity contribution is 0.412. The third kappa shape index (κ3) is 2.18. The second-order valence-electron chi connectivity index (χ2n) is 4.08. The molecule has 0 spiro atoms. The molecule has 0 aliphatic heterocycles. The van der Waals surface area contributed by atoms with Gasteiger partial charge in [0.1, 0.15) is 11.3 Å². The number of hydrogen-bond donors (Lipinski definition) is 2. The lowest BCUT2D eigenvalue weighted by atomic mass is 10.2. The highest BCUT2D eigenvalue weighted by Crippen LogP contribution is 2.30. The van der Waals surface area contributed by atoms with Crippen LogP contribution < -0.4 is 10.1 Å². The molecule has 1 aromatic carbocycles. The Labute approximate surface area is 115 Å². The van der Waals surface area contributed by atoms with Crippen LogP contribution in [-0.4, -0.2) is 27.1 Å². The monoisotopic (exact) mass is 268 g/mol. The van der Waals surface area contributed by atoms with Crippen molar-refractivity contribution in [1.82, 2.24) is 15.0 Å². The number of nitrogens with zero attached hydrogens (tertiary/aromatic N) is 3. The second-order valence-corrected chi connectivity index (χ2v) is 4.08. The number of fused-ring (bicyclic) bond motifs is 1. The first kappa shape index (κ1) is 12.2. The summed E-state index contributed by atoms with van der Waals surface area (Å²) in [4.78, 5) is 12.3. The third-order valence-electron chi connectivity index (χ3n) is 2.79. The zero-order valence-corrected chi connectivity index (χ0v) is 10.7. The van der Waals surface area contributed by atoms with E-state index in [1.807, 2.05) is 18.2 Å². The molecule has 0 radical (unpaired) electrons. The molecule has 0 atom stereocenters. The van der Waals surface area contributed by atoms with Crippen LogP contribution >= 0.6 is 0 Å². The van der Waals surface area contributed by atoms with Gasteiger partial charge in [-0.3, -0.25) is 4.98 Å². The molecule has 0 bridgehead atoms. The molecule has 2 aromatic heterocycles. The van der Waals surface area contributed by atoms with Crippen LogP contribution in [0.5, 0.6) is 17.6 Å². The first-order chi connectivity index (χ1) is 9.78. The Morgan fingerprint density at radius 2 is 1.90 bits per heavy atom. The van der Waals surface area contributed by atoms with E-state index in [0.717, 1.165) is 0 Å². The molecule has 0 aliphatic rings. The van der Waals surface area contributed by atoms with Crippen LogP contribution in [0.3, 0.4) is 0 Å². The molecule has 100 valence electrons. The van der Waals surface area contributed by atoms with Gasteiger partial charge in [-0.1, -0.05) is 18.2 Å². The van der Waals surface area contributed by atoms with Gasteiger partial charge in [0.2, 0.25) is 5.88 Å². The number of nitrogens with one attached hydrogen (secondary N) is 1. The van der Waals surface area contributed by atoms with Gasteiger partial charge in [0.25, 0.3) is 0 Å². The van der Waals surface area contributed by atoms with Crippen LogP contribution in [0.25, 0.3) is 10.9 Å². The van der Waals surface area contributed by atoms with Crippen LogP contribution in [0.2, 0.25) is 0 Å². The Morgan fingerprint density at radius 1 is 1.10 bits per heavy atom. The number of pyridine rings is 1. The van der Waals surface area contributed by atoms with E-state index in [1.165, 1.54) is 0 Å². The average Bonchev–Trinajstić information content (AvgIpc) is 2.47. The third-order valence-corrected chi connectivity index (χ3v) is 2.79. The summed E-state index contributed by atoms with van der Waals surface area (Å²) in [5.41, 5.74) is 1.17. The zero-order valence-electron chi connectivity index (χ0n) is 10.7. The van der Waals surface area contributed by atoms with Crippen molar-refractivity contribution in [2.75, 3.05) is 12.4 Å². The number of para-hydroxylation sites is 1. The summed E-state index contributed by atoms with van der Waals surface area (Å²) < 4.78 is 5.51. The molecule has 20 heavy (non-hydrogen) atoms. The van der Waals surface area contributed by atoms with Gasteiger partial charge in [0.15, 0.2) is 0 Å². The van der Waals surface area contributed by atoms with Crippen molar-refractivity contribution in [1.29, 1.82) is 0 Å². The van der Waals surface area contributed by atoms with Crippen LogP contribution in [0.15, 0.2) is 42.7 Å². The molecule has 6 nitrogen and oxygen atoms in total. The Morgan fingerprint density at radius 3 is 2.65 bits per heavy atom. The maximum absolute atomic E-state index is 10.0. The lowest BCUT2D eigenvalue weighted by Crippen LogP contribution is -1.97. The quantitative estimate of drug-likeness (QED) is 0.760. The molecule has 0 amide bonds.